The third-order valence-electron chi connectivity index (χ3n) is 2.75. The molecule has 1 atom stereocenters. The molecule has 0 amide bonds. The van der Waals surface area contributed by atoms with E-state index in [2.05, 4.69) is 49.0 Å². The third-order valence-corrected chi connectivity index (χ3v) is 4.09. The number of halogens is 3. The number of pyridine rings is 1. The minimum Gasteiger partial charge on any atom is -0.260 e. The number of hydrogen-bond donors (Lipinski definition) is 0. The van der Waals surface area contributed by atoms with Gasteiger partial charge in [-0.25, -0.2) is 0 Å². The van der Waals surface area contributed by atoms with Crippen LogP contribution in [0.4, 0.5) is 0 Å². The summed E-state index contributed by atoms with van der Waals surface area (Å²) in [6.07, 6.45) is 2.68. The fourth-order valence-corrected chi connectivity index (χ4v) is 2.74. The van der Waals surface area contributed by atoms with Crippen LogP contribution in [0.3, 0.4) is 0 Å². The predicted octanol–water partition coefficient (Wildman–Crippen LogP) is 5.17. The van der Waals surface area contributed by atoms with Crippen molar-refractivity contribution in [1.82, 2.24) is 4.98 Å². The Morgan fingerprint density at radius 1 is 1.11 bits per heavy atom. The van der Waals surface area contributed by atoms with Crippen LogP contribution in [0, 0.1) is 0 Å². The van der Waals surface area contributed by atoms with Crippen molar-refractivity contribution in [3.05, 3.63) is 62.8 Å². The first-order chi connectivity index (χ1) is 8.69. The number of benzene rings is 1. The molecule has 0 bridgehead atoms. The van der Waals surface area contributed by atoms with Crippen LogP contribution >= 0.6 is 43.5 Å². The smallest absolute Gasteiger partial charge is 0.0413 e. The van der Waals surface area contributed by atoms with Crippen LogP contribution in [0.2, 0.25) is 0 Å². The highest BCUT2D eigenvalue weighted by molar-refractivity contribution is 9.10. The maximum atomic E-state index is 6.08. The Balaban J connectivity index is 2.17. The van der Waals surface area contributed by atoms with Crippen LogP contribution in [-0.2, 0) is 6.42 Å². The van der Waals surface area contributed by atoms with Gasteiger partial charge in [-0.15, -0.1) is 11.6 Å². The molecule has 0 fully saturated rings. The van der Waals surface area contributed by atoms with E-state index < -0.39 is 0 Å². The van der Waals surface area contributed by atoms with E-state index in [0.717, 1.165) is 21.1 Å². The quantitative estimate of drug-likeness (QED) is 0.657. The molecular formula is C14H12Br2ClN. The molecule has 0 aliphatic heterocycles. The second-order valence-electron chi connectivity index (χ2n) is 4.08. The van der Waals surface area contributed by atoms with E-state index >= 15 is 0 Å². The Morgan fingerprint density at radius 3 is 2.56 bits per heavy atom. The second-order valence-corrected chi connectivity index (χ2v) is 6.22. The van der Waals surface area contributed by atoms with Gasteiger partial charge in [0.15, 0.2) is 0 Å². The number of aromatic nitrogens is 1. The first-order valence-corrected chi connectivity index (χ1v) is 7.73. The molecule has 1 heterocycles. The molecule has 1 unspecified atom stereocenters. The van der Waals surface area contributed by atoms with Crippen molar-refractivity contribution in [2.24, 2.45) is 0 Å². The maximum Gasteiger partial charge on any atom is 0.0413 e. The summed E-state index contributed by atoms with van der Waals surface area (Å²) in [7, 11) is 0. The normalized spacial score (nSPS) is 12.4. The number of nitrogens with zero attached hydrogens (tertiary/aromatic N) is 1. The van der Waals surface area contributed by atoms with Crippen molar-refractivity contribution in [3.8, 4) is 0 Å². The van der Waals surface area contributed by atoms with E-state index in [4.69, 9.17) is 11.6 Å². The summed E-state index contributed by atoms with van der Waals surface area (Å²) in [4.78, 5) is 4.40. The molecule has 0 radical (unpaired) electrons. The van der Waals surface area contributed by atoms with Crippen molar-refractivity contribution < 1.29 is 0 Å². The predicted molar refractivity (Wildman–Crippen MR) is 83.2 cm³/mol. The Kier molecular flexibility index (Phi) is 5.22. The molecule has 0 aliphatic rings. The van der Waals surface area contributed by atoms with Gasteiger partial charge in [0.25, 0.3) is 0 Å². The number of alkyl halides is 1. The fourth-order valence-electron chi connectivity index (χ4n) is 1.80. The zero-order chi connectivity index (χ0) is 13.0. The highest BCUT2D eigenvalue weighted by atomic mass is 79.9. The summed E-state index contributed by atoms with van der Waals surface area (Å²) in [6, 6.07) is 12.3. The molecule has 0 spiro atoms. The van der Waals surface area contributed by atoms with E-state index in [9.17, 15) is 0 Å². The van der Waals surface area contributed by atoms with Crippen LogP contribution in [0.15, 0.2) is 51.5 Å². The van der Waals surface area contributed by atoms with Gasteiger partial charge in [-0.3, -0.25) is 4.98 Å². The van der Waals surface area contributed by atoms with Crippen LogP contribution < -0.4 is 0 Å². The molecule has 1 aromatic heterocycles. The summed E-state index contributed by atoms with van der Waals surface area (Å²) in [5.74, 6) is 0.881. The van der Waals surface area contributed by atoms with E-state index in [1.165, 1.54) is 5.56 Å². The molecule has 0 saturated heterocycles. The van der Waals surface area contributed by atoms with Gasteiger partial charge in [-0.2, -0.15) is 0 Å². The average Bonchev–Trinajstić information content (AvgIpc) is 2.38. The molecule has 0 aliphatic carbocycles. The van der Waals surface area contributed by atoms with Gasteiger partial charge in [-0.1, -0.05) is 28.1 Å². The molecule has 0 saturated carbocycles. The van der Waals surface area contributed by atoms with Gasteiger partial charge in [0.05, 0.1) is 0 Å². The summed E-state index contributed by atoms with van der Waals surface area (Å²) in [5.41, 5.74) is 2.30. The largest absolute Gasteiger partial charge is 0.260 e. The molecule has 2 aromatic rings. The van der Waals surface area contributed by atoms with Gasteiger partial charge in [0.1, 0.15) is 0 Å². The standard InChI is InChI=1S/C14H12Br2ClN/c15-12-3-1-2-10(6-12)11(8-17)7-14-5-4-13(16)9-18-14/h1-6,9,11H,7-8H2. The molecular weight excluding hydrogens is 377 g/mol. The highest BCUT2D eigenvalue weighted by Crippen LogP contribution is 2.24. The zero-order valence-corrected chi connectivity index (χ0v) is 13.5. The van der Waals surface area contributed by atoms with Crippen LogP contribution in [0.5, 0.6) is 0 Å². The molecule has 18 heavy (non-hydrogen) atoms. The Morgan fingerprint density at radius 2 is 1.94 bits per heavy atom. The maximum absolute atomic E-state index is 6.08. The lowest BCUT2D eigenvalue weighted by atomic mass is 9.96. The minimum atomic E-state index is 0.290. The lowest BCUT2D eigenvalue weighted by molar-refractivity contribution is 0.746. The SMILES string of the molecule is ClCC(Cc1ccc(Br)cn1)c1cccc(Br)c1. The zero-order valence-electron chi connectivity index (χ0n) is 9.61. The van der Waals surface area contributed by atoms with Crippen molar-refractivity contribution >= 4 is 43.5 Å². The minimum absolute atomic E-state index is 0.290. The molecule has 1 nitrogen and oxygen atoms in total. The van der Waals surface area contributed by atoms with Crippen molar-refractivity contribution in [1.29, 1.82) is 0 Å². The first-order valence-electron chi connectivity index (χ1n) is 5.61. The van der Waals surface area contributed by atoms with Gasteiger partial charge in [0, 0.05) is 32.6 Å². The molecule has 2 rings (SSSR count). The topological polar surface area (TPSA) is 12.9 Å². The van der Waals surface area contributed by atoms with Crippen LogP contribution in [0.25, 0.3) is 0 Å². The summed E-state index contributed by atoms with van der Waals surface area (Å²) in [6.45, 7) is 0. The Hall–Kier alpha value is -0.380. The highest BCUT2D eigenvalue weighted by Gasteiger charge is 2.12. The van der Waals surface area contributed by atoms with Crippen molar-refractivity contribution in [2.75, 3.05) is 5.88 Å². The van der Waals surface area contributed by atoms with E-state index in [0.29, 0.717) is 5.88 Å². The Bertz CT molecular complexity index is 513. The molecule has 94 valence electrons. The van der Waals surface area contributed by atoms with Gasteiger partial charge >= 0.3 is 0 Å². The summed E-state index contributed by atoms with van der Waals surface area (Å²) in [5, 5.41) is 0. The third kappa shape index (κ3) is 3.81. The van der Waals surface area contributed by atoms with E-state index in [1.807, 2.05) is 30.5 Å². The molecule has 0 N–H and O–H groups in total. The molecule has 1 aromatic carbocycles. The lowest BCUT2D eigenvalue weighted by Crippen LogP contribution is -2.06. The molecule has 4 heteroatoms. The van der Waals surface area contributed by atoms with Crippen LogP contribution in [-0.4, -0.2) is 10.9 Å². The second kappa shape index (κ2) is 6.69. The average molecular weight is 390 g/mol. The van der Waals surface area contributed by atoms with Crippen molar-refractivity contribution in [2.45, 2.75) is 12.3 Å². The lowest BCUT2D eigenvalue weighted by Gasteiger charge is -2.14. The first kappa shape index (κ1) is 14.0. The van der Waals surface area contributed by atoms with E-state index in [-0.39, 0.29) is 5.92 Å². The van der Waals surface area contributed by atoms with Gasteiger partial charge in [-0.05, 0) is 52.2 Å². The summed E-state index contributed by atoms with van der Waals surface area (Å²) >= 11 is 13.0. The van der Waals surface area contributed by atoms with Crippen LogP contribution in [0.1, 0.15) is 17.2 Å². The van der Waals surface area contributed by atoms with Gasteiger partial charge in [0.2, 0.25) is 0 Å². The Labute approximate surface area is 129 Å². The fraction of sp³-hybridized carbons (Fsp3) is 0.214. The van der Waals surface area contributed by atoms with E-state index in [1.54, 1.807) is 0 Å². The van der Waals surface area contributed by atoms with Gasteiger partial charge < -0.3 is 0 Å². The number of hydrogen-bond acceptors (Lipinski definition) is 1. The van der Waals surface area contributed by atoms with Crippen molar-refractivity contribution in [3.63, 3.8) is 0 Å². The summed E-state index contributed by atoms with van der Waals surface area (Å²) < 4.78 is 2.08. The monoisotopic (exact) mass is 387 g/mol. The number of rotatable bonds is 4.